The lowest BCUT2D eigenvalue weighted by Crippen LogP contribution is -2.40. The van der Waals surface area contributed by atoms with E-state index < -0.39 is 17.5 Å². The van der Waals surface area contributed by atoms with E-state index in [9.17, 15) is 15.0 Å². The standard InChI is InChI=1S/C11H18O3/c1-9(2)10(3)4-5-11(9,8(13)14)6-7(10)12/h7,12H,4-6H2,1-3H3,(H,13,14)/t7-,10-,11-/m0/s1. The predicted octanol–water partition coefficient (Wildman–Crippen LogP) is 1.65. The maximum atomic E-state index is 11.4. The lowest BCUT2D eigenvalue weighted by Gasteiger charge is -2.38. The van der Waals surface area contributed by atoms with E-state index in [1.807, 2.05) is 20.8 Å². The number of hydrogen-bond acceptors (Lipinski definition) is 2. The van der Waals surface area contributed by atoms with E-state index in [0.717, 1.165) is 6.42 Å². The minimum Gasteiger partial charge on any atom is -0.481 e. The highest BCUT2D eigenvalue weighted by Crippen LogP contribution is 2.72. The van der Waals surface area contributed by atoms with Gasteiger partial charge in [0, 0.05) is 0 Å². The third-order valence-electron chi connectivity index (χ3n) is 5.38. The van der Waals surface area contributed by atoms with E-state index in [2.05, 4.69) is 0 Å². The first-order valence-electron chi connectivity index (χ1n) is 5.19. The molecule has 0 amide bonds. The highest BCUT2D eigenvalue weighted by molar-refractivity contribution is 5.77. The van der Waals surface area contributed by atoms with Crippen LogP contribution in [-0.4, -0.2) is 22.3 Å². The maximum Gasteiger partial charge on any atom is 0.310 e. The van der Waals surface area contributed by atoms with Crippen LogP contribution >= 0.6 is 0 Å². The Bertz CT molecular complexity index is 297. The van der Waals surface area contributed by atoms with Crippen molar-refractivity contribution in [3.05, 3.63) is 0 Å². The SMILES string of the molecule is CC1(C)[C@@]2(C(=O)O)CC[C@@]1(C)[C@@H](O)C2. The third-order valence-corrected chi connectivity index (χ3v) is 5.38. The molecule has 3 atom stereocenters. The number of hydrogen-bond donors (Lipinski definition) is 2. The van der Waals surface area contributed by atoms with E-state index in [1.165, 1.54) is 0 Å². The van der Waals surface area contributed by atoms with Gasteiger partial charge in [0.05, 0.1) is 11.5 Å². The summed E-state index contributed by atoms with van der Waals surface area (Å²) >= 11 is 0. The number of rotatable bonds is 1. The highest BCUT2D eigenvalue weighted by Gasteiger charge is 2.72. The zero-order chi connectivity index (χ0) is 10.8. The summed E-state index contributed by atoms with van der Waals surface area (Å²) in [6.07, 6.45) is 1.50. The molecular formula is C11H18O3. The number of aliphatic carboxylic acids is 1. The largest absolute Gasteiger partial charge is 0.481 e. The molecule has 0 saturated heterocycles. The summed E-state index contributed by atoms with van der Waals surface area (Å²) in [4.78, 5) is 11.4. The second-order valence-electron chi connectivity index (χ2n) is 5.65. The van der Waals surface area contributed by atoms with Crippen molar-refractivity contribution in [2.45, 2.75) is 46.1 Å². The first-order chi connectivity index (χ1) is 6.28. The van der Waals surface area contributed by atoms with Gasteiger partial charge in [0.25, 0.3) is 0 Å². The summed E-state index contributed by atoms with van der Waals surface area (Å²) in [6, 6.07) is 0. The van der Waals surface area contributed by atoms with E-state index in [-0.39, 0.29) is 10.8 Å². The Balaban J connectivity index is 2.54. The fourth-order valence-electron chi connectivity index (χ4n) is 3.60. The Morgan fingerprint density at radius 2 is 1.86 bits per heavy atom. The Labute approximate surface area is 84.1 Å². The van der Waals surface area contributed by atoms with Crippen molar-refractivity contribution in [2.24, 2.45) is 16.2 Å². The van der Waals surface area contributed by atoms with Gasteiger partial charge in [-0.25, -0.2) is 0 Å². The third kappa shape index (κ3) is 0.724. The normalized spacial score (nSPS) is 49.6. The first-order valence-corrected chi connectivity index (χ1v) is 5.19. The number of aliphatic hydroxyl groups is 1. The molecule has 14 heavy (non-hydrogen) atoms. The van der Waals surface area contributed by atoms with Gasteiger partial charge < -0.3 is 10.2 Å². The quantitative estimate of drug-likeness (QED) is 0.673. The molecule has 3 nitrogen and oxygen atoms in total. The second kappa shape index (κ2) is 2.32. The molecule has 0 aromatic rings. The minimum absolute atomic E-state index is 0.217. The smallest absolute Gasteiger partial charge is 0.310 e. The van der Waals surface area contributed by atoms with Crippen molar-refractivity contribution < 1.29 is 15.0 Å². The lowest BCUT2D eigenvalue weighted by molar-refractivity contribution is -0.154. The van der Waals surface area contributed by atoms with E-state index in [0.29, 0.717) is 12.8 Å². The summed E-state index contributed by atoms with van der Waals surface area (Å²) in [5.74, 6) is -0.734. The van der Waals surface area contributed by atoms with E-state index in [1.54, 1.807) is 0 Å². The summed E-state index contributed by atoms with van der Waals surface area (Å²) in [5.41, 5.74) is -1.21. The Morgan fingerprint density at radius 3 is 2.07 bits per heavy atom. The first kappa shape index (κ1) is 9.97. The number of carboxylic acids is 1. The molecule has 2 fully saturated rings. The van der Waals surface area contributed by atoms with Gasteiger partial charge in [0.2, 0.25) is 0 Å². The summed E-state index contributed by atoms with van der Waals surface area (Å²) in [6.45, 7) is 6.00. The van der Waals surface area contributed by atoms with E-state index >= 15 is 0 Å². The molecule has 2 saturated carbocycles. The number of aliphatic hydroxyl groups excluding tert-OH is 1. The topological polar surface area (TPSA) is 57.5 Å². The Morgan fingerprint density at radius 1 is 1.29 bits per heavy atom. The van der Waals surface area contributed by atoms with Crippen LogP contribution in [0.25, 0.3) is 0 Å². The van der Waals surface area contributed by atoms with Gasteiger partial charge in [-0.05, 0) is 30.1 Å². The zero-order valence-electron chi connectivity index (χ0n) is 9.00. The fraction of sp³-hybridized carbons (Fsp3) is 0.909. The van der Waals surface area contributed by atoms with Crippen molar-refractivity contribution in [3.63, 3.8) is 0 Å². The Kier molecular flexibility index (Phi) is 1.65. The molecule has 2 aliphatic rings. The van der Waals surface area contributed by atoms with Gasteiger partial charge in [-0.2, -0.15) is 0 Å². The van der Waals surface area contributed by atoms with Crippen LogP contribution < -0.4 is 0 Å². The van der Waals surface area contributed by atoms with Gasteiger partial charge in [-0.15, -0.1) is 0 Å². The summed E-state index contributed by atoms with van der Waals surface area (Å²) in [5, 5.41) is 19.3. The molecule has 0 aliphatic heterocycles. The molecule has 0 heterocycles. The van der Waals surface area contributed by atoms with Gasteiger partial charge >= 0.3 is 5.97 Å². The molecular weight excluding hydrogens is 180 g/mol. The number of carbonyl (C=O) groups is 1. The summed E-state index contributed by atoms with van der Waals surface area (Å²) in [7, 11) is 0. The molecule has 3 heteroatoms. The molecule has 0 radical (unpaired) electrons. The van der Waals surface area contributed by atoms with Crippen LogP contribution in [0.5, 0.6) is 0 Å². The predicted molar refractivity (Wildman–Crippen MR) is 51.8 cm³/mol. The van der Waals surface area contributed by atoms with E-state index in [4.69, 9.17) is 0 Å². The Hall–Kier alpha value is -0.570. The van der Waals surface area contributed by atoms with Crippen LogP contribution in [0.15, 0.2) is 0 Å². The van der Waals surface area contributed by atoms with Crippen molar-refractivity contribution >= 4 is 5.97 Å². The fourth-order valence-corrected chi connectivity index (χ4v) is 3.60. The van der Waals surface area contributed by atoms with Crippen molar-refractivity contribution in [1.29, 1.82) is 0 Å². The van der Waals surface area contributed by atoms with Gasteiger partial charge in [0.15, 0.2) is 0 Å². The van der Waals surface area contributed by atoms with Crippen LogP contribution in [-0.2, 0) is 4.79 Å². The van der Waals surface area contributed by atoms with Crippen LogP contribution in [0, 0.1) is 16.2 Å². The molecule has 80 valence electrons. The molecule has 2 aliphatic carbocycles. The molecule has 0 aromatic carbocycles. The van der Waals surface area contributed by atoms with Crippen molar-refractivity contribution in [3.8, 4) is 0 Å². The molecule has 0 unspecified atom stereocenters. The van der Waals surface area contributed by atoms with Crippen LogP contribution in [0.2, 0.25) is 0 Å². The minimum atomic E-state index is -0.734. The molecule has 0 spiro atoms. The maximum absolute atomic E-state index is 11.4. The molecule has 2 N–H and O–H groups in total. The molecule has 0 aromatic heterocycles. The lowest BCUT2D eigenvalue weighted by atomic mass is 9.65. The average molecular weight is 198 g/mol. The summed E-state index contributed by atoms with van der Waals surface area (Å²) < 4.78 is 0. The second-order valence-corrected chi connectivity index (χ2v) is 5.65. The van der Waals surface area contributed by atoms with Crippen molar-refractivity contribution in [1.82, 2.24) is 0 Å². The van der Waals surface area contributed by atoms with Gasteiger partial charge in [0.1, 0.15) is 0 Å². The van der Waals surface area contributed by atoms with Crippen LogP contribution in [0.4, 0.5) is 0 Å². The highest BCUT2D eigenvalue weighted by atomic mass is 16.4. The van der Waals surface area contributed by atoms with Gasteiger partial charge in [-0.3, -0.25) is 4.79 Å². The molecule has 2 rings (SSSR count). The van der Waals surface area contributed by atoms with Crippen LogP contribution in [0.3, 0.4) is 0 Å². The number of carboxylic acid groups (broad SMARTS) is 1. The average Bonchev–Trinajstić information content (AvgIpc) is 2.34. The van der Waals surface area contributed by atoms with Crippen molar-refractivity contribution in [2.75, 3.05) is 0 Å². The monoisotopic (exact) mass is 198 g/mol. The number of fused-ring (bicyclic) bond motifs is 2. The molecule has 2 bridgehead atoms. The van der Waals surface area contributed by atoms with Gasteiger partial charge in [-0.1, -0.05) is 20.8 Å². The zero-order valence-corrected chi connectivity index (χ0v) is 9.00. The van der Waals surface area contributed by atoms with Crippen LogP contribution in [0.1, 0.15) is 40.0 Å².